The molecule has 2 aromatic rings. The van der Waals surface area contributed by atoms with Crippen LogP contribution in [0.25, 0.3) is 0 Å². The lowest BCUT2D eigenvalue weighted by Gasteiger charge is -2.18. The first-order chi connectivity index (χ1) is 9.81. The first-order valence-electron chi connectivity index (χ1n) is 7.56. The fourth-order valence-electron chi connectivity index (χ4n) is 2.55. The zero-order valence-corrected chi connectivity index (χ0v) is 12.5. The maximum atomic E-state index is 4.29. The zero-order valence-electron chi connectivity index (χ0n) is 12.5. The van der Waals surface area contributed by atoms with Crippen LogP contribution in [0.3, 0.4) is 0 Å². The summed E-state index contributed by atoms with van der Waals surface area (Å²) >= 11 is 0. The number of aromatic nitrogens is 2. The summed E-state index contributed by atoms with van der Waals surface area (Å²) in [5, 5.41) is 7.93. The fraction of sp³-hybridized carbons (Fsp3) is 0.471. The summed E-state index contributed by atoms with van der Waals surface area (Å²) in [6.07, 6.45) is 6.52. The summed E-state index contributed by atoms with van der Waals surface area (Å²) < 4.78 is 1.98. The first kappa shape index (κ1) is 14.8. The summed E-state index contributed by atoms with van der Waals surface area (Å²) in [7, 11) is 2.02. The topological polar surface area (TPSA) is 29.9 Å². The molecule has 0 amide bonds. The minimum absolute atomic E-state index is 0.408. The van der Waals surface area contributed by atoms with Crippen LogP contribution in [0.4, 0.5) is 0 Å². The Hall–Kier alpha value is -1.61. The molecule has 2 rings (SSSR count). The molecule has 1 N–H and O–H groups in total. The van der Waals surface area contributed by atoms with Gasteiger partial charge in [0.2, 0.25) is 0 Å². The molecule has 0 fully saturated rings. The van der Waals surface area contributed by atoms with Crippen LogP contribution in [-0.2, 0) is 13.5 Å². The quantitative estimate of drug-likeness (QED) is 0.796. The highest BCUT2D eigenvalue weighted by molar-refractivity contribution is 5.15. The Morgan fingerprint density at radius 3 is 2.65 bits per heavy atom. The molecule has 1 aromatic carbocycles. The smallest absolute Gasteiger partial charge is 0.0550 e. The molecule has 1 unspecified atom stereocenters. The van der Waals surface area contributed by atoms with Crippen molar-refractivity contribution in [3.05, 3.63) is 53.9 Å². The predicted molar refractivity (Wildman–Crippen MR) is 83.6 cm³/mol. The summed E-state index contributed by atoms with van der Waals surface area (Å²) in [6, 6.07) is 13.2. The SMILES string of the molecule is CCCNC(CCCc1ccccc1)c1ccnn1C. The molecule has 3 heteroatoms. The van der Waals surface area contributed by atoms with Gasteiger partial charge in [0, 0.05) is 19.3 Å². The van der Waals surface area contributed by atoms with E-state index in [0.717, 1.165) is 25.8 Å². The van der Waals surface area contributed by atoms with Gasteiger partial charge in [-0.1, -0.05) is 37.3 Å². The van der Waals surface area contributed by atoms with E-state index in [9.17, 15) is 0 Å². The van der Waals surface area contributed by atoms with E-state index in [0.29, 0.717) is 6.04 Å². The second kappa shape index (κ2) is 7.85. The third-order valence-electron chi connectivity index (χ3n) is 3.66. The van der Waals surface area contributed by atoms with E-state index >= 15 is 0 Å². The van der Waals surface area contributed by atoms with Gasteiger partial charge in [-0.25, -0.2) is 0 Å². The van der Waals surface area contributed by atoms with Crippen molar-refractivity contribution in [3.8, 4) is 0 Å². The zero-order chi connectivity index (χ0) is 14.2. The third-order valence-corrected chi connectivity index (χ3v) is 3.66. The highest BCUT2D eigenvalue weighted by Crippen LogP contribution is 2.19. The van der Waals surface area contributed by atoms with Gasteiger partial charge < -0.3 is 5.32 Å². The van der Waals surface area contributed by atoms with Crippen molar-refractivity contribution in [3.63, 3.8) is 0 Å². The van der Waals surface area contributed by atoms with Crippen molar-refractivity contribution >= 4 is 0 Å². The van der Waals surface area contributed by atoms with Crippen LogP contribution in [0, 0.1) is 0 Å². The second-order valence-corrected chi connectivity index (χ2v) is 5.26. The lowest BCUT2D eigenvalue weighted by atomic mass is 10.0. The van der Waals surface area contributed by atoms with Crippen LogP contribution in [0.5, 0.6) is 0 Å². The van der Waals surface area contributed by atoms with E-state index in [-0.39, 0.29) is 0 Å². The normalized spacial score (nSPS) is 12.5. The van der Waals surface area contributed by atoms with E-state index < -0.39 is 0 Å². The molecule has 108 valence electrons. The van der Waals surface area contributed by atoms with Gasteiger partial charge in [0.05, 0.1) is 5.69 Å². The van der Waals surface area contributed by atoms with Gasteiger partial charge in [-0.15, -0.1) is 0 Å². The third kappa shape index (κ3) is 4.20. The Morgan fingerprint density at radius 2 is 2.00 bits per heavy atom. The Morgan fingerprint density at radius 1 is 1.20 bits per heavy atom. The molecule has 0 aliphatic rings. The molecule has 1 atom stereocenters. The van der Waals surface area contributed by atoms with Crippen LogP contribution in [-0.4, -0.2) is 16.3 Å². The molecule has 0 aliphatic heterocycles. The van der Waals surface area contributed by atoms with Crippen molar-refractivity contribution in [1.82, 2.24) is 15.1 Å². The van der Waals surface area contributed by atoms with Crippen LogP contribution in [0.1, 0.15) is 43.5 Å². The molecule has 0 saturated carbocycles. The minimum Gasteiger partial charge on any atom is -0.309 e. The molecule has 0 aliphatic carbocycles. The monoisotopic (exact) mass is 271 g/mol. The number of rotatable bonds is 8. The van der Waals surface area contributed by atoms with Gasteiger partial charge in [0.15, 0.2) is 0 Å². The number of hydrogen-bond acceptors (Lipinski definition) is 2. The second-order valence-electron chi connectivity index (χ2n) is 5.26. The molecule has 0 radical (unpaired) electrons. The largest absolute Gasteiger partial charge is 0.309 e. The summed E-state index contributed by atoms with van der Waals surface area (Å²) in [6.45, 7) is 3.26. The van der Waals surface area contributed by atoms with E-state index in [1.54, 1.807) is 0 Å². The van der Waals surface area contributed by atoms with Gasteiger partial charge in [-0.05, 0) is 43.9 Å². The van der Waals surface area contributed by atoms with E-state index in [1.165, 1.54) is 17.7 Å². The van der Waals surface area contributed by atoms with Crippen LogP contribution in [0.2, 0.25) is 0 Å². The standard InChI is InChI=1S/C17H25N3/c1-3-13-18-16(17-12-14-19-20(17)2)11-7-10-15-8-5-4-6-9-15/h4-6,8-9,12,14,16,18H,3,7,10-11,13H2,1-2H3. The number of hydrogen-bond donors (Lipinski definition) is 1. The average molecular weight is 271 g/mol. The molecule has 0 spiro atoms. The Labute approximate surface area is 122 Å². The van der Waals surface area contributed by atoms with Gasteiger partial charge in [0.1, 0.15) is 0 Å². The van der Waals surface area contributed by atoms with Gasteiger partial charge in [-0.2, -0.15) is 5.10 Å². The molecule has 1 aromatic heterocycles. The Balaban J connectivity index is 1.89. The number of benzene rings is 1. The lowest BCUT2D eigenvalue weighted by molar-refractivity contribution is 0.456. The van der Waals surface area contributed by atoms with Crippen LogP contribution >= 0.6 is 0 Å². The molecule has 0 saturated heterocycles. The lowest BCUT2D eigenvalue weighted by Crippen LogP contribution is -2.24. The molecular weight excluding hydrogens is 246 g/mol. The van der Waals surface area contributed by atoms with Crippen molar-refractivity contribution < 1.29 is 0 Å². The number of aryl methyl sites for hydroxylation is 2. The average Bonchev–Trinajstić information content (AvgIpc) is 2.90. The van der Waals surface area contributed by atoms with Gasteiger partial charge in [-0.3, -0.25) is 4.68 Å². The van der Waals surface area contributed by atoms with Crippen molar-refractivity contribution in [1.29, 1.82) is 0 Å². The maximum absolute atomic E-state index is 4.29. The van der Waals surface area contributed by atoms with E-state index in [4.69, 9.17) is 0 Å². The Bertz CT molecular complexity index is 490. The summed E-state index contributed by atoms with van der Waals surface area (Å²) in [4.78, 5) is 0. The van der Waals surface area contributed by atoms with Crippen molar-refractivity contribution in [2.75, 3.05) is 6.54 Å². The molecule has 20 heavy (non-hydrogen) atoms. The summed E-state index contributed by atoms with van der Waals surface area (Å²) in [5.41, 5.74) is 2.71. The number of nitrogens with zero attached hydrogens (tertiary/aromatic N) is 2. The van der Waals surface area contributed by atoms with E-state index in [2.05, 4.69) is 53.7 Å². The van der Waals surface area contributed by atoms with Crippen LogP contribution in [0.15, 0.2) is 42.6 Å². The highest BCUT2D eigenvalue weighted by atomic mass is 15.3. The highest BCUT2D eigenvalue weighted by Gasteiger charge is 2.13. The fourth-order valence-corrected chi connectivity index (χ4v) is 2.55. The molecule has 3 nitrogen and oxygen atoms in total. The minimum atomic E-state index is 0.408. The van der Waals surface area contributed by atoms with Crippen molar-refractivity contribution in [2.24, 2.45) is 7.05 Å². The Kier molecular flexibility index (Phi) is 5.81. The molecular formula is C17H25N3. The van der Waals surface area contributed by atoms with E-state index in [1.807, 2.05) is 17.9 Å². The van der Waals surface area contributed by atoms with Crippen LogP contribution < -0.4 is 5.32 Å². The summed E-state index contributed by atoms with van der Waals surface area (Å²) in [5.74, 6) is 0. The van der Waals surface area contributed by atoms with Gasteiger partial charge in [0.25, 0.3) is 0 Å². The van der Waals surface area contributed by atoms with Gasteiger partial charge >= 0.3 is 0 Å². The molecule has 1 heterocycles. The number of nitrogens with one attached hydrogen (secondary N) is 1. The molecule has 0 bridgehead atoms. The first-order valence-corrected chi connectivity index (χ1v) is 7.56. The van der Waals surface area contributed by atoms with Crippen molar-refractivity contribution in [2.45, 2.75) is 38.6 Å². The maximum Gasteiger partial charge on any atom is 0.0550 e. The predicted octanol–water partition coefficient (Wildman–Crippen LogP) is 3.48.